The Morgan fingerprint density at radius 3 is 2.06 bits per heavy atom. The highest BCUT2D eigenvalue weighted by Crippen LogP contribution is 2.52. The Hall–Kier alpha value is 0.200. The van der Waals surface area contributed by atoms with Gasteiger partial charge in [0.05, 0.1) is 12.2 Å². The number of hydrogen-bond donors (Lipinski definition) is 1. The van der Waals surface area contributed by atoms with Gasteiger partial charge in [0.2, 0.25) is 0 Å². The van der Waals surface area contributed by atoms with E-state index in [0.29, 0.717) is 9.51 Å². The number of hydrogen-bond acceptors (Lipinski definition) is 5. The normalized spacial score (nSPS) is 12.7. The molecule has 0 aliphatic carbocycles. The van der Waals surface area contributed by atoms with E-state index < -0.39 is 7.60 Å². The Morgan fingerprint density at radius 2 is 1.75 bits per heavy atom. The molecule has 1 rings (SSSR count). The van der Waals surface area contributed by atoms with Gasteiger partial charge in [-0.25, -0.2) is 0 Å². The molecule has 0 amide bonds. The Labute approximate surface area is 106 Å². The van der Waals surface area contributed by atoms with Crippen LogP contribution in [-0.4, -0.2) is 12.2 Å². The Balaban J connectivity index is 3.05. The van der Waals surface area contributed by atoms with Gasteiger partial charge >= 0.3 is 7.60 Å². The zero-order valence-corrected chi connectivity index (χ0v) is 12.4. The van der Waals surface area contributed by atoms with Crippen molar-refractivity contribution in [3.05, 3.63) is 11.4 Å². The average molecular weight is 280 g/mol. The molecule has 0 aliphatic rings. The van der Waals surface area contributed by atoms with Gasteiger partial charge in [0.15, 0.2) is 0 Å². The van der Waals surface area contributed by atoms with E-state index in [1.165, 1.54) is 11.3 Å². The van der Waals surface area contributed by atoms with Crippen molar-refractivity contribution >= 4 is 36.2 Å². The predicted molar refractivity (Wildman–Crippen MR) is 71.3 cm³/mol. The topological polar surface area (TPSA) is 35.5 Å². The maximum absolute atomic E-state index is 12.6. The molecule has 0 saturated heterocycles. The first kappa shape index (κ1) is 14.3. The average Bonchev–Trinajstić information content (AvgIpc) is 2.48. The van der Waals surface area contributed by atoms with Crippen LogP contribution in [0.4, 0.5) is 0 Å². The molecule has 0 radical (unpaired) electrons. The van der Waals surface area contributed by atoms with Gasteiger partial charge in [0, 0.05) is 4.90 Å². The highest BCUT2D eigenvalue weighted by atomic mass is 32.1. The van der Waals surface area contributed by atoms with Crippen LogP contribution in [0.2, 0.25) is 0 Å². The smallest absolute Gasteiger partial charge is 0.302 e. The highest BCUT2D eigenvalue weighted by Gasteiger charge is 2.33. The standard InChI is InChI=1S/C10H17O3PS2/c1-7(2)12-14(11,13-8(3)4)10-9(15)5-6-16-10/h5-8,15H,1-4H3. The van der Waals surface area contributed by atoms with Crippen molar-refractivity contribution in [2.45, 2.75) is 44.8 Å². The number of thiophene rings is 1. The van der Waals surface area contributed by atoms with Crippen molar-refractivity contribution in [2.75, 3.05) is 0 Å². The predicted octanol–water partition coefficient (Wildman–Crippen LogP) is 3.71. The van der Waals surface area contributed by atoms with Crippen LogP contribution < -0.4 is 4.62 Å². The Bertz CT molecular complexity index is 373. The molecule has 1 aromatic heterocycles. The van der Waals surface area contributed by atoms with Crippen LogP contribution in [0.15, 0.2) is 16.3 Å². The molecule has 6 heteroatoms. The van der Waals surface area contributed by atoms with Gasteiger partial charge in [-0.15, -0.1) is 24.0 Å². The van der Waals surface area contributed by atoms with Gasteiger partial charge in [0.1, 0.15) is 4.62 Å². The lowest BCUT2D eigenvalue weighted by atomic mass is 10.5. The molecule has 92 valence electrons. The minimum absolute atomic E-state index is 0.153. The second kappa shape index (κ2) is 5.69. The summed E-state index contributed by atoms with van der Waals surface area (Å²) in [5.41, 5.74) is 0. The van der Waals surface area contributed by atoms with Crippen LogP contribution >= 0.6 is 31.6 Å². The van der Waals surface area contributed by atoms with E-state index in [9.17, 15) is 4.57 Å². The summed E-state index contributed by atoms with van der Waals surface area (Å²) in [4.78, 5) is 0.662. The highest BCUT2D eigenvalue weighted by molar-refractivity contribution is 7.82. The SMILES string of the molecule is CC(C)OP(=O)(OC(C)C)c1sccc1S. The van der Waals surface area contributed by atoms with Crippen molar-refractivity contribution in [3.8, 4) is 0 Å². The van der Waals surface area contributed by atoms with Crippen LogP contribution in [-0.2, 0) is 13.6 Å². The van der Waals surface area contributed by atoms with E-state index in [2.05, 4.69) is 12.6 Å². The fourth-order valence-corrected chi connectivity index (χ4v) is 5.06. The lowest BCUT2D eigenvalue weighted by Gasteiger charge is -2.22. The lowest BCUT2D eigenvalue weighted by molar-refractivity contribution is 0.150. The molecule has 1 aromatic rings. The zero-order chi connectivity index (χ0) is 12.3. The van der Waals surface area contributed by atoms with E-state index in [1.54, 1.807) is 6.07 Å². The molecule has 0 saturated carbocycles. The van der Waals surface area contributed by atoms with Gasteiger partial charge in [-0.1, -0.05) is 0 Å². The summed E-state index contributed by atoms with van der Waals surface area (Å²) >= 11 is 5.62. The van der Waals surface area contributed by atoms with Gasteiger partial charge in [-0.3, -0.25) is 4.57 Å². The first-order chi connectivity index (χ1) is 7.35. The van der Waals surface area contributed by atoms with Crippen molar-refractivity contribution in [2.24, 2.45) is 0 Å². The minimum Gasteiger partial charge on any atom is -0.302 e. The molecule has 0 aromatic carbocycles. The number of rotatable bonds is 5. The summed E-state index contributed by atoms with van der Waals surface area (Å²) in [6.45, 7) is 7.34. The van der Waals surface area contributed by atoms with E-state index in [0.717, 1.165) is 0 Å². The first-order valence-corrected chi connectivity index (χ1v) is 7.96. The quantitative estimate of drug-likeness (QED) is 0.660. The summed E-state index contributed by atoms with van der Waals surface area (Å²) in [5.74, 6) is 0. The second-order valence-corrected chi connectivity index (χ2v) is 7.48. The van der Waals surface area contributed by atoms with Crippen LogP contribution in [0.3, 0.4) is 0 Å². The summed E-state index contributed by atoms with van der Waals surface area (Å²) in [5, 5.41) is 1.83. The molecular weight excluding hydrogens is 263 g/mol. The minimum atomic E-state index is -3.23. The van der Waals surface area contributed by atoms with Crippen LogP contribution in [0.5, 0.6) is 0 Å². The molecule has 0 unspecified atom stereocenters. The molecule has 0 spiro atoms. The van der Waals surface area contributed by atoms with Crippen LogP contribution in [0.1, 0.15) is 27.7 Å². The molecule has 0 N–H and O–H groups in total. The van der Waals surface area contributed by atoms with Crippen LogP contribution in [0.25, 0.3) is 0 Å². The summed E-state index contributed by atoms with van der Waals surface area (Å²) in [6, 6.07) is 1.79. The Kier molecular flexibility index (Phi) is 5.08. The third-order valence-electron chi connectivity index (χ3n) is 1.57. The fraction of sp³-hybridized carbons (Fsp3) is 0.600. The van der Waals surface area contributed by atoms with Crippen molar-refractivity contribution < 1.29 is 13.6 Å². The zero-order valence-electron chi connectivity index (χ0n) is 9.84. The maximum atomic E-state index is 12.6. The van der Waals surface area contributed by atoms with Gasteiger partial charge < -0.3 is 9.05 Å². The van der Waals surface area contributed by atoms with Crippen molar-refractivity contribution in [1.29, 1.82) is 0 Å². The molecule has 0 bridgehead atoms. The van der Waals surface area contributed by atoms with E-state index in [-0.39, 0.29) is 12.2 Å². The maximum Gasteiger partial charge on any atom is 0.372 e. The summed E-state index contributed by atoms with van der Waals surface area (Å²) in [7, 11) is -3.23. The van der Waals surface area contributed by atoms with E-state index in [4.69, 9.17) is 9.05 Å². The molecule has 3 nitrogen and oxygen atoms in total. The summed E-state index contributed by atoms with van der Waals surface area (Å²) < 4.78 is 24.2. The first-order valence-electron chi connectivity index (χ1n) is 5.09. The van der Waals surface area contributed by atoms with Gasteiger partial charge in [-0.05, 0) is 39.1 Å². The Morgan fingerprint density at radius 1 is 1.25 bits per heavy atom. The molecule has 0 aliphatic heterocycles. The van der Waals surface area contributed by atoms with E-state index in [1.807, 2.05) is 33.1 Å². The molecule has 0 atom stereocenters. The van der Waals surface area contributed by atoms with E-state index >= 15 is 0 Å². The van der Waals surface area contributed by atoms with Gasteiger partial charge in [-0.2, -0.15) is 0 Å². The molecule has 1 heterocycles. The third-order valence-corrected chi connectivity index (χ3v) is 6.11. The largest absolute Gasteiger partial charge is 0.372 e. The summed E-state index contributed by atoms with van der Waals surface area (Å²) in [6.07, 6.45) is -0.307. The van der Waals surface area contributed by atoms with Crippen molar-refractivity contribution in [1.82, 2.24) is 0 Å². The number of thiol groups is 1. The third kappa shape index (κ3) is 3.60. The van der Waals surface area contributed by atoms with Crippen molar-refractivity contribution in [3.63, 3.8) is 0 Å². The molecule has 16 heavy (non-hydrogen) atoms. The van der Waals surface area contributed by atoms with Gasteiger partial charge in [0.25, 0.3) is 0 Å². The van der Waals surface area contributed by atoms with Crippen LogP contribution in [0, 0.1) is 0 Å². The lowest BCUT2D eigenvalue weighted by Crippen LogP contribution is -2.15. The second-order valence-electron chi connectivity index (χ2n) is 3.92. The molecular formula is C10H17O3PS2. The fourth-order valence-electron chi connectivity index (χ4n) is 1.18. The molecule has 0 fully saturated rings. The monoisotopic (exact) mass is 280 g/mol.